The zero-order chi connectivity index (χ0) is 16.9. The number of nitrogens with zero attached hydrogens (tertiary/aromatic N) is 2. The van der Waals surface area contributed by atoms with Crippen molar-refractivity contribution in [2.75, 3.05) is 12.0 Å². The Morgan fingerprint density at radius 1 is 1.17 bits per heavy atom. The molecule has 1 aromatic heterocycles. The van der Waals surface area contributed by atoms with Gasteiger partial charge >= 0.3 is 5.97 Å². The number of aryl methyl sites for hydroxylation is 1. The van der Waals surface area contributed by atoms with E-state index in [4.69, 9.17) is 4.74 Å². The molecule has 2 aromatic carbocycles. The third-order valence-electron chi connectivity index (χ3n) is 3.41. The molecule has 0 saturated heterocycles. The largest absolute Gasteiger partial charge is 0.462 e. The first kappa shape index (κ1) is 16.1. The second kappa shape index (κ2) is 7.23. The van der Waals surface area contributed by atoms with Crippen LogP contribution in [0.1, 0.15) is 22.2 Å². The molecule has 0 aliphatic carbocycles. The smallest absolute Gasteiger partial charge is 0.350 e. The topological polar surface area (TPSA) is 63.0 Å². The SMILES string of the molecule is CCOC(=O)c1sc2ccccc2c1N=NNc1ccc(C)cc1. The van der Waals surface area contributed by atoms with Gasteiger partial charge in [0.25, 0.3) is 0 Å². The van der Waals surface area contributed by atoms with Crippen LogP contribution in [0, 0.1) is 6.92 Å². The van der Waals surface area contributed by atoms with Crippen LogP contribution < -0.4 is 5.43 Å². The lowest BCUT2D eigenvalue weighted by Crippen LogP contribution is -2.02. The van der Waals surface area contributed by atoms with Gasteiger partial charge in [0.05, 0.1) is 12.3 Å². The second-order valence-electron chi connectivity index (χ2n) is 5.17. The summed E-state index contributed by atoms with van der Waals surface area (Å²) in [5, 5.41) is 9.17. The fourth-order valence-electron chi connectivity index (χ4n) is 2.23. The van der Waals surface area contributed by atoms with Crippen LogP contribution in [0.25, 0.3) is 10.1 Å². The van der Waals surface area contributed by atoms with Gasteiger partial charge in [-0.3, -0.25) is 5.43 Å². The molecule has 0 aliphatic rings. The maximum atomic E-state index is 12.2. The van der Waals surface area contributed by atoms with E-state index in [0.717, 1.165) is 15.8 Å². The number of carbonyl (C=O) groups excluding carboxylic acids is 1. The molecule has 0 unspecified atom stereocenters. The number of rotatable bonds is 5. The minimum Gasteiger partial charge on any atom is -0.462 e. The van der Waals surface area contributed by atoms with Crippen LogP contribution >= 0.6 is 11.3 Å². The Morgan fingerprint density at radius 2 is 1.92 bits per heavy atom. The number of hydrogen-bond acceptors (Lipinski definition) is 5. The number of fused-ring (bicyclic) bond motifs is 1. The normalized spacial score (nSPS) is 11.1. The lowest BCUT2D eigenvalue weighted by molar-refractivity contribution is 0.0533. The summed E-state index contributed by atoms with van der Waals surface area (Å²) in [6, 6.07) is 15.5. The molecule has 24 heavy (non-hydrogen) atoms. The molecule has 5 nitrogen and oxygen atoms in total. The molecule has 0 spiro atoms. The Hall–Kier alpha value is -2.73. The fraction of sp³-hybridized carbons (Fsp3) is 0.167. The van der Waals surface area contributed by atoms with E-state index in [1.165, 1.54) is 16.9 Å². The average molecular weight is 339 g/mol. The van der Waals surface area contributed by atoms with Crippen molar-refractivity contribution >= 4 is 38.8 Å². The Labute approximate surface area is 144 Å². The standard InChI is InChI=1S/C18H17N3O2S/c1-3-23-18(22)17-16(14-6-4-5-7-15(14)24-17)20-21-19-13-10-8-12(2)9-11-13/h4-11H,3H2,1-2H3,(H,19,20). The van der Waals surface area contributed by atoms with Gasteiger partial charge in [0.15, 0.2) is 0 Å². The number of esters is 1. The van der Waals surface area contributed by atoms with Gasteiger partial charge in [-0.25, -0.2) is 4.79 Å². The molecule has 3 aromatic rings. The van der Waals surface area contributed by atoms with Gasteiger partial charge in [0, 0.05) is 10.1 Å². The van der Waals surface area contributed by atoms with E-state index in [9.17, 15) is 4.79 Å². The molecule has 0 radical (unpaired) electrons. The summed E-state index contributed by atoms with van der Waals surface area (Å²) in [4.78, 5) is 12.6. The average Bonchev–Trinajstić information content (AvgIpc) is 2.96. The maximum absolute atomic E-state index is 12.2. The summed E-state index contributed by atoms with van der Waals surface area (Å²) in [5.74, 6) is -0.372. The highest BCUT2D eigenvalue weighted by molar-refractivity contribution is 7.21. The van der Waals surface area contributed by atoms with Crippen molar-refractivity contribution < 1.29 is 9.53 Å². The van der Waals surface area contributed by atoms with Gasteiger partial charge < -0.3 is 4.74 Å². The monoisotopic (exact) mass is 339 g/mol. The number of benzene rings is 2. The van der Waals surface area contributed by atoms with Crippen molar-refractivity contribution in [2.24, 2.45) is 10.3 Å². The maximum Gasteiger partial charge on any atom is 0.350 e. The van der Waals surface area contributed by atoms with Crippen LogP contribution in [0.4, 0.5) is 11.4 Å². The van der Waals surface area contributed by atoms with E-state index in [1.807, 2.05) is 55.5 Å². The van der Waals surface area contributed by atoms with Crippen LogP contribution in [0.5, 0.6) is 0 Å². The quantitative estimate of drug-likeness (QED) is 0.379. The predicted octanol–water partition coefficient (Wildman–Crippen LogP) is 5.50. The summed E-state index contributed by atoms with van der Waals surface area (Å²) in [5.41, 5.74) is 5.43. The first-order chi connectivity index (χ1) is 11.7. The van der Waals surface area contributed by atoms with Crippen LogP contribution in [0.3, 0.4) is 0 Å². The van der Waals surface area contributed by atoms with Crippen LogP contribution in [-0.2, 0) is 4.74 Å². The van der Waals surface area contributed by atoms with Crippen molar-refractivity contribution in [3.63, 3.8) is 0 Å². The van der Waals surface area contributed by atoms with Gasteiger partial charge in [-0.2, -0.15) is 0 Å². The van der Waals surface area contributed by atoms with Crippen LogP contribution in [-0.4, -0.2) is 12.6 Å². The molecule has 0 aliphatic heterocycles. The van der Waals surface area contributed by atoms with Crippen molar-refractivity contribution in [2.45, 2.75) is 13.8 Å². The third kappa shape index (κ3) is 3.44. The van der Waals surface area contributed by atoms with Gasteiger partial charge in [0.1, 0.15) is 10.6 Å². The van der Waals surface area contributed by atoms with Crippen LogP contribution in [0.15, 0.2) is 58.9 Å². The summed E-state index contributed by atoms with van der Waals surface area (Å²) in [6.07, 6.45) is 0. The first-order valence-corrected chi connectivity index (χ1v) is 8.42. The van der Waals surface area contributed by atoms with Crippen molar-refractivity contribution in [1.29, 1.82) is 0 Å². The Bertz CT molecular complexity index is 885. The van der Waals surface area contributed by atoms with Gasteiger partial charge in [-0.15, -0.1) is 16.5 Å². The number of carbonyl (C=O) groups is 1. The van der Waals surface area contributed by atoms with E-state index < -0.39 is 0 Å². The molecule has 0 saturated carbocycles. The number of ether oxygens (including phenoxy) is 1. The zero-order valence-corrected chi connectivity index (χ0v) is 14.3. The Morgan fingerprint density at radius 3 is 2.67 bits per heavy atom. The highest BCUT2D eigenvalue weighted by Gasteiger charge is 2.19. The minimum absolute atomic E-state index is 0.325. The number of hydrogen-bond donors (Lipinski definition) is 1. The molecule has 0 atom stereocenters. The van der Waals surface area contributed by atoms with E-state index in [0.29, 0.717) is 17.2 Å². The molecule has 6 heteroatoms. The molecule has 3 rings (SSSR count). The first-order valence-electron chi connectivity index (χ1n) is 7.61. The lowest BCUT2D eigenvalue weighted by atomic mass is 10.2. The summed E-state index contributed by atoms with van der Waals surface area (Å²) in [6.45, 7) is 4.13. The molecule has 1 heterocycles. The van der Waals surface area contributed by atoms with E-state index in [-0.39, 0.29) is 5.97 Å². The molecule has 1 N–H and O–H groups in total. The molecule has 0 fully saturated rings. The van der Waals surface area contributed by atoms with Crippen molar-refractivity contribution in [3.05, 3.63) is 59.0 Å². The zero-order valence-electron chi connectivity index (χ0n) is 13.4. The van der Waals surface area contributed by atoms with Gasteiger partial charge in [-0.05, 0) is 32.0 Å². The van der Waals surface area contributed by atoms with Gasteiger partial charge in [0.2, 0.25) is 0 Å². The fourth-order valence-corrected chi connectivity index (χ4v) is 3.26. The molecule has 122 valence electrons. The number of nitrogens with one attached hydrogen (secondary N) is 1. The second-order valence-corrected chi connectivity index (χ2v) is 6.23. The predicted molar refractivity (Wildman–Crippen MR) is 97.1 cm³/mol. The number of anilines is 1. The van der Waals surface area contributed by atoms with E-state index in [2.05, 4.69) is 15.8 Å². The van der Waals surface area contributed by atoms with Gasteiger partial charge in [-0.1, -0.05) is 41.1 Å². The summed E-state index contributed by atoms with van der Waals surface area (Å²) >= 11 is 1.36. The molecule has 0 bridgehead atoms. The molecular weight excluding hydrogens is 322 g/mol. The molecule has 0 amide bonds. The Kier molecular flexibility index (Phi) is 4.86. The van der Waals surface area contributed by atoms with Crippen LogP contribution in [0.2, 0.25) is 0 Å². The van der Waals surface area contributed by atoms with E-state index in [1.54, 1.807) is 6.92 Å². The lowest BCUT2D eigenvalue weighted by Gasteiger charge is -2.01. The van der Waals surface area contributed by atoms with Crippen molar-refractivity contribution in [1.82, 2.24) is 0 Å². The van der Waals surface area contributed by atoms with E-state index >= 15 is 0 Å². The third-order valence-corrected chi connectivity index (χ3v) is 4.55. The highest BCUT2D eigenvalue weighted by atomic mass is 32.1. The highest BCUT2D eigenvalue weighted by Crippen LogP contribution is 2.38. The Balaban J connectivity index is 1.91. The summed E-state index contributed by atoms with van der Waals surface area (Å²) < 4.78 is 6.10. The minimum atomic E-state index is -0.372. The number of thiophene rings is 1. The molecular formula is C18H17N3O2S. The summed E-state index contributed by atoms with van der Waals surface area (Å²) in [7, 11) is 0. The van der Waals surface area contributed by atoms with Crippen molar-refractivity contribution in [3.8, 4) is 0 Å².